The molecule has 10 heteroatoms. The first-order valence-corrected chi connectivity index (χ1v) is 10.8. The number of aromatic nitrogens is 5. The average Bonchev–Trinajstić information content (AvgIpc) is 3.55. The maximum Gasteiger partial charge on any atom is 0.491 e. The number of pyridine rings is 1. The second kappa shape index (κ2) is 9.49. The van der Waals surface area contributed by atoms with E-state index in [1.165, 1.54) is 24.7 Å². The zero-order valence-corrected chi connectivity index (χ0v) is 18.6. The fourth-order valence-corrected chi connectivity index (χ4v) is 3.66. The van der Waals surface area contributed by atoms with Crippen LogP contribution < -0.4 is 4.74 Å². The predicted molar refractivity (Wildman–Crippen MR) is 126 cm³/mol. The minimum Gasteiger partial charge on any atom is -0.417 e. The lowest BCUT2D eigenvalue weighted by atomic mass is 10.1. The van der Waals surface area contributed by atoms with Crippen LogP contribution >= 0.6 is 0 Å². The predicted octanol–water partition coefficient (Wildman–Crippen LogP) is 5.52. The number of carbonyl (C=O) groups excluding carboxylic acids is 1. The number of H-pyrrole nitrogens is 1. The Bertz CT molecular complexity index is 1500. The van der Waals surface area contributed by atoms with Gasteiger partial charge in [0, 0.05) is 23.5 Å². The van der Waals surface area contributed by atoms with Gasteiger partial charge < -0.3 is 9.72 Å². The van der Waals surface area contributed by atoms with Crippen LogP contribution in [0.25, 0.3) is 33.9 Å². The Balaban J connectivity index is 1.56. The largest absolute Gasteiger partial charge is 0.491 e. The molecule has 7 nitrogen and oxygen atoms in total. The quantitative estimate of drug-likeness (QED) is 0.318. The zero-order valence-electron chi connectivity index (χ0n) is 18.6. The van der Waals surface area contributed by atoms with Gasteiger partial charge in [-0.1, -0.05) is 60.7 Å². The van der Waals surface area contributed by atoms with Crippen LogP contribution in [-0.2, 0) is 11.3 Å². The number of hydrogen-bond acceptors (Lipinski definition) is 5. The summed E-state index contributed by atoms with van der Waals surface area (Å²) in [5.74, 6) is -2.57. The Morgan fingerprint density at radius 3 is 2.36 bits per heavy atom. The average molecular weight is 489 g/mol. The molecule has 0 saturated heterocycles. The minimum absolute atomic E-state index is 0.0388. The molecule has 0 fully saturated rings. The number of rotatable bonds is 6. The molecule has 0 bridgehead atoms. The van der Waals surface area contributed by atoms with Gasteiger partial charge in [0.2, 0.25) is 0 Å². The van der Waals surface area contributed by atoms with E-state index in [0.717, 1.165) is 11.1 Å². The molecule has 3 aromatic heterocycles. The number of nitrogens with one attached hydrogen (secondary N) is 1. The van der Waals surface area contributed by atoms with E-state index < -0.39 is 12.1 Å². The molecule has 0 aliphatic heterocycles. The van der Waals surface area contributed by atoms with E-state index >= 15 is 0 Å². The second-order valence-corrected chi connectivity index (χ2v) is 7.85. The summed E-state index contributed by atoms with van der Waals surface area (Å²) >= 11 is 0. The van der Waals surface area contributed by atoms with Gasteiger partial charge in [-0.15, -0.1) is 0 Å². The summed E-state index contributed by atoms with van der Waals surface area (Å²) < 4.78 is 45.9. The van der Waals surface area contributed by atoms with Crippen LogP contribution in [0.4, 0.5) is 13.2 Å². The highest BCUT2D eigenvalue weighted by molar-refractivity contribution is 5.85. The van der Waals surface area contributed by atoms with E-state index in [2.05, 4.69) is 20.1 Å². The molecule has 5 aromatic rings. The number of alkyl halides is 3. The highest BCUT2D eigenvalue weighted by Crippen LogP contribution is 2.38. The van der Waals surface area contributed by atoms with Crippen LogP contribution in [0.1, 0.15) is 5.56 Å². The van der Waals surface area contributed by atoms with Gasteiger partial charge in [0.05, 0.1) is 24.6 Å². The molecule has 0 saturated carbocycles. The Morgan fingerprint density at radius 1 is 0.917 bits per heavy atom. The number of hydrogen-bond donors (Lipinski definition) is 1. The van der Waals surface area contributed by atoms with Crippen molar-refractivity contribution < 1.29 is 22.7 Å². The first-order chi connectivity index (χ1) is 17.4. The maximum atomic E-state index is 13.1. The number of imidazole rings is 1. The van der Waals surface area contributed by atoms with Gasteiger partial charge >= 0.3 is 12.1 Å². The van der Waals surface area contributed by atoms with Crippen LogP contribution in [0.5, 0.6) is 5.75 Å². The molecule has 0 spiro atoms. The van der Waals surface area contributed by atoms with Crippen LogP contribution in [-0.4, -0.2) is 36.9 Å². The van der Waals surface area contributed by atoms with Crippen LogP contribution in [0.3, 0.4) is 0 Å². The van der Waals surface area contributed by atoms with Gasteiger partial charge in [-0.2, -0.15) is 18.3 Å². The van der Waals surface area contributed by atoms with Crippen molar-refractivity contribution in [1.82, 2.24) is 24.7 Å². The van der Waals surface area contributed by atoms with Crippen molar-refractivity contribution >= 4 is 5.97 Å². The number of halogens is 3. The van der Waals surface area contributed by atoms with Crippen molar-refractivity contribution in [3.05, 3.63) is 97.1 Å². The van der Waals surface area contributed by atoms with Crippen molar-refractivity contribution in [3.63, 3.8) is 0 Å². The van der Waals surface area contributed by atoms with Crippen LogP contribution in [0.15, 0.2) is 91.5 Å². The number of nitrogens with zero attached hydrogens (tertiary/aromatic N) is 4. The van der Waals surface area contributed by atoms with Gasteiger partial charge in [0.15, 0.2) is 11.6 Å². The third-order valence-corrected chi connectivity index (χ3v) is 5.35. The molecule has 0 atom stereocenters. The standard InChI is InChI=1S/C26H18F3N5O2/c27-26(28,29)25(35)36-23-20(19-13-32-34(16-19)15-17-7-3-1-4-8-17)11-12-30-22(23)24-31-14-21(33-24)18-9-5-2-6-10-18/h1-14,16H,15H2,(H,31,33). The Labute approximate surface area is 203 Å². The molecule has 0 aliphatic carbocycles. The topological polar surface area (TPSA) is 85.7 Å². The summed E-state index contributed by atoms with van der Waals surface area (Å²) in [5.41, 5.74) is 3.08. The molecular formula is C26H18F3N5O2. The lowest BCUT2D eigenvalue weighted by Gasteiger charge is -2.13. The summed E-state index contributed by atoms with van der Waals surface area (Å²) in [6, 6.07) is 20.3. The lowest BCUT2D eigenvalue weighted by molar-refractivity contribution is -0.189. The summed E-state index contributed by atoms with van der Waals surface area (Å²) in [7, 11) is 0. The van der Waals surface area contributed by atoms with Crippen molar-refractivity contribution in [2.24, 2.45) is 0 Å². The molecule has 3 heterocycles. The number of carbonyl (C=O) groups is 1. The fourth-order valence-electron chi connectivity index (χ4n) is 3.66. The lowest BCUT2D eigenvalue weighted by Crippen LogP contribution is -2.28. The fraction of sp³-hybridized carbons (Fsp3) is 0.0769. The molecule has 180 valence electrons. The van der Waals surface area contributed by atoms with E-state index in [9.17, 15) is 18.0 Å². The molecular weight excluding hydrogens is 471 g/mol. The van der Waals surface area contributed by atoms with E-state index in [4.69, 9.17) is 4.74 Å². The number of aromatic amines is 1. The van der Waals surface area contributed by atoms with Gasteiger partial charge in [-0.3, -0.25) is 4.68 Å². The summed E-state index contributed by atoms with van der Waals surface area (Å²) in [5, 5.41) is 4.31. The minimum atomic E-state index is -5.19. The smallest absolute Gasteiger partial charge is 0.417 e. The van der Waals surface area contributed by atoms with Crippen LogP contribution in [0, 0.1) is 0 Å². The van der Waals surface area contributed by atoms with Crippen molar-refractivity contribution in [2.75, 3.05) is 0 Å². The highest BCUT2D eigenvalue weighted by atomic mass is 19.4. The number of benzene rings is 2. The Hall–Kier alpha value is -4.73. The number of esters is 1. The van der Waals surface area contributed by atoms with Crippen molar-refractivity contribution in [1.29, 1.82) is 0 Å². The van der Waals surface area contributed by atoms with Crippen molar-refractivity contribution in [3.8, 4) is 39.7 Å². The molecule has 1 N–H and O–H groups in total. The summed E-state index contributed by atoms with van der Waals surface area (Å²) in [6.07, 6.45) is 0.903. The molecule has 0 aliphatic rings. The third kappa shape index (κ3) is 4.88. The van der Waals surface area contributed by atoms with E-state index in [0.29, 0.717) is 17.8 Å². The zero-order chi connectivity index (χ0) is 25.1. The molecule has 0 radical (unpaired) electrons. The highest BCUT2D eigenvalue weighted by Gasteiger charge is 2.42. The maximum absolute atomic E-state index is 13.1. The van der Waals surface area contributed by atoms with Crippen LogP contribution in [0.2, 0.25) is 0 Å². The summed E-state index contributed by atoms with van der Waals surface area (Å²) in [6.45, 7) is 0.453. The molecule has 0 amide bonds. The van der Waals surface area contributed by atoms with E-state index in [-0.39, 0.29) is 22.8 Å². The van der Waals surface area contributed by atoms with Crippen molar-refractivity contribution in [2.45, 2.75) is 12.7 Å². The molecule has 0 unspecified atom stereocenters. The SMILES string of the molecule is O=C(Oc1c(-c2cnn(Cc3ccccc3)c2)ccnc1-c1ncc(-c2ccccc2)[nH]1)C(F)(F)F. The Kier molecular flexibility index (Phi) is 6.07. The van der Waals surface area contributed by atoms with Gasteiger partial charge in [0.1, 0.15) is 5.69 Å². The van der Waals surface area contributed by atoms with Gasteiger partial charge in [-0.25, -0.2) is 14.8 Å². The molecule has 5 rings (SSSR count). The third-order valence-electron chi connectivity index (χ3n) is 5.35. The van der Waals surface area contributed by atoms with Gasteiger partial charge in [0.25, 0.3) is 0 Å². The molecule has 36 heavy (non-hydrogen) atoms. The normalized spacial score (nSPS) is 11.4. The summed E-state index contributed by atoms with van der Waals surface area (Å²) in [4.78, 5) is 23.4. The number of ether oxygens (including phenoxy) is 1. The van der Waals surface area contributed by atoms with E-state index in [1.54, 1.807) is 10.9 Å². The second-order valence-electron chi connectivity index (χ2n) is 7.85. The van der Waals surface area contributed by atoms with E-state index in [1.807, 2.05) is 60.7 Å². The first-order valence-electron chi connectivity index (χ1n) is 10.8. The Morgan fingerprint density at radius 2 is 1.64 bits per heavy atom. The first kappa shape index (κ1) is 23.0. The van der Waals surface area contributed by atoms with Gasteiger partial charge in [-0.05, 0) is 17.2 Å². The molecule has 2 aromatic carbocycles. The monoisotopic (exact) mass is 489 g/mol.